The molecule has 0 aromatic heterocycles. The van der Waals surface area contributed by atoms with Crippen LogP contribution in [0.4, 0.5) is 0 Å². The maximum absolute atomic E-state index is 13.7. The summed E-state index contributed by atoms with van der Waals surface area (Å²) in [7, 11) is 6.59. The third kappa shape index (κ3) is 7.37. The lowest BCUT2D eigenvalue weighted by Gasteiger charge is -2.53. The molecule has 1 saturated heterocycles. The van der Waals surface area contributed by atoms with E-state index in [9.17, 15) is 5.21 Å². The summed E-state index contributed by atoms with van der Waals surface area (Å²) < 4.78 is 28.6. The number of thioether (sulfide) groups is 1. The molecule has 9 nitrogen and oxygen atoms in total. The molecule has 2 atom stereocenters. The first kappa shape index (κ1) is 34.2. The maximum Gasteiger partial charge on any atom is 0.203 e. The molecule has 0 spiro atoms. The fourth-order valence-corrected chi connectivity index (χ4v) is 7.90. The summed E-state index contributed by atoms with van der Waals surface area (Å²) in [5, 5.41) is 14.9. The standard InChI is InChI=1S/C36H48N3O6S/c1-26-28-12-7-8-15-33(28)46-36(2,39(26)40)29-13-11-14-30(41-3)34(29)45-23-10-9-17-37-19-21-38(22-20-37)18-16-27-24-31(42-4)35(44-6)32(25-27)43-5/h7-8,11-15,24-26H,9-10,16-23H2,1-6H3/q-1. The third-order valence-corrected chi connectivity index (χ3v) is 10.6. The van der Waals surface area contributed by atoms with Gasteiger partial charge in [-0.05, 0) is 75.0 Å². The van der Waals surface area contributed by atoms with Gasteiger partial charge in [0.1, 0.15) is 0 Å². The van der Waals surface area contributed by atoms with Crippen LogP contribution in [-0.4, -0.2) is 89.2 Å². The van der Waals surface area contributed by atoms with Crippen LogP contribution in [0.25, 0.3) is 0 Å². The molecule has 46 heavy (non-hydrogen) atoms. The van der Waals surface area contributed by atoms with Crippen LogP contribution in [0, 0.1) is 5.21 Å². The maximum atomic E-state index is 13.7. The smallest absolute Gasteiger partial charge is 0.203 e. The highest BCUT2D eigenvalue weighted by Crippen LogP contribution is 2.56. The SMILES string of the molecule is COc1cc(CCN2CCN(CCCCOc3c(OC)cccc3C3(C)Sc4ccccc4C(C)N3[O-])CC2)cc(OC)c1OC. The van der Waals surface area contributed by atoms with E-state index in [4.69, 9.17) is 23.7 Å². The number of nitrogens with zero attached hydrogens (tertiary/aromatic N) is 3. The molecule has 250 valence electrons. The van der Waals surface area contributed by atoms with Crippen LogP contribution in [0.5, 0.6) is 28.7 Å². The van der Waals surface area contributed by atoms with E-state index in [1.165, 1.54) is 10.6 Å². The fourth-order valence-electron chi connectivity index (χ4n) is 6.45. The van der Waals surface area contributed by atoms with Crippen LogP contribution in [0.3, 0.4) is 0 Å². The summed E-state index contributed by atoms with van der Waals surface area (Å²) in [5.41, 5.74) is 3.08. The third-order valence-electron chi connectivity index (χ3n) is 9.17. The number of benzene rings is 3. The quantitative estimate of drug-likeness (QED) is 0.179. The molecule has 0 aliphatic carbocycles. The lowest BCUT2D eigenvalue weighted by atomic mass is 10.0. The van der Waals surface area contributed by atoms with Crippen molar-refractivity contribution >= 4 is 11.8 Å². The van der Waals surface area contributed by atoms with Gasteiger partial charge in [-0.3, -0.25) is 0 Å². The predicted molar refractivity (Wildman–Crippen MR) is 184 cm³/mol. The van der Waals surface area contributed by atoms with Crippen molar-refractivity contribution in [3.05, 3.63) is 76.5 Å². The van der Waals surface area contributed by atoms with Gasteiger partial charge >= 0.3 is 0 Å². The number of ether oxygens (including phenoxy) is 5. The number of fused-ring (bicyclic) bond motifs is 1. The van der Waals surface area contributed by atoms with Gasteiger partial charge in [0.2, 0.25) is 5.75 Å². The number of methoxy groups -OCH3 is 4. The van der Waals surface area contributed by atoms with E-state index in [-0.39, 0.29) is 6.04 Å². The molecule has 0 saturated carbocycles. The molecule has 5 rings (SSSR count). The van der Waals surface area contributed by atoms with Crippen molar-refractivity contribution in [2.45, 2.75) is 48.9 Å². The van der Waals surface area contributed by atoms with Crippen molar-refractivity contribution in [3.63, 3.8) is 0 Å². The minimum atomic E-state index is -0.844. The van der Waals surface area contributed by atoms with Crippen LogP contribution < -0.4 is 23.7 Å². The summed E-state index contributed by atoms with van der Waals surface area (Å²) in [6, 6.07) is 17.8. The molecule has 2 heterocycles. The molecule has 3 aromatic carbocycles. The lowest BCUT2D eigenvalue weighted by molar-refractivity contribution is 0.130. The summed E-state index contributed by atoms with van der Waals surface area (Å²) in [5.74, 6) is 3.34. The van der Waals surface area contributed by atoms with Gasteiger partial charge in [0.25, 0.3) is 0 Å². The van der Waals surface area contributed by atoms with Crippen LogP contribution in [0.15, 0.2) is 59.5 Å². The number of hydrogen-bond donors (Lipinski definition) is 0. The second-order valence-corrected chi connectivity index (χ2v) is 13.4. The monoisotopic (exact) mass is 650 g/mol. The van der Waals surface area contributed by atoms with Gasteiger partial charge < -0.3 is 43.8 Å². The van der Waals surface area contributed by atoms with Crippen molar-refractivity contribution in [2.24, 2.45) is 0 Å². The van der Waals surface area contributed by atoms with E-state index in [1.807, 2.05) is 62.4 Å². The van der Waals surface area contributed by atoms with Crippen LogP contribution in [0.1, 0.15) is 49.4 Å². The largest absolute Gasteiger partial charge is 0.784 e. The molecule has 10 heteroatoms. The number of hydroxylamine groups is 2. The first-order chi connectivity index (χ1) is 22.3. The molecule has 2 aliphatic rings. The molecule has 0 bridgehead atoms. The molecular formula is C36H48N3O6S-. The topological polar surface area (TPSA) is 78.9 Å². The normalized spacial score (nSPS) is 20.6. The van der Waals surface area contributed by atoms with Gasteiger partial charge in [0, 0.05) is 49.2 Å². The second kappa shape index (κ2) is 15.6. The number of unbranched alkanes of at least 4 members (excludes halogenated alkanes) is 1. The number of para-hydroxylation sites is 1. The predicted octanol–water partition coefficient (Wildman–Crippen LogP) is 6.58. The fraction of sp³-hybridized carbons (Fsp3) is 0.500. The molecule has 2 aliphatic heterocycles. The minimum Gasteiger partial charge on any atom is -0.784 e. The van der Waals surface area contributed by atoms with E-state index in [2.05, 4.69) is 15.9 Å². The van der Waals surface area contributed by atoms with E-state index in [0.717, 1.165) is 74.6 Å². The Morgan fingerprint density at radius 2 is 1.43 bits per heavy atom. The van der Waals surface area contributed by atoms with Crippen molar-refractivity contribution in [1.82, 2.24) is 14.9 Å². The summed E-state index contributed by atoms with van der Waals surface area (Å²) >= 11 is 1.58. The molecule has 3 aromatic rings. The first-order valence-corrected chi connectivity index (χ1v) is 16.9. The summed E-state index contributed by atoms with van der Waals surface area (Å²) in [6.45, 7) is 10.8. The number of hydrogen-bond acceptors (Lipinski definition) is 10. The Bertz CT molecular complexity index is 1420. The van der Waals surface area contributed by atoms with Gasteiger partial charge in [-0.25, -0.2) is 0 Å². The zero-order valence-corrected chi connectivity index (χ0v) is 28.9. The van der Waals surface area contributed by atoms with Gasteiger partial charge in [0.05, 0.1) is 39.9 Å². The average molecular weight is 651 g/mol. The highest BCUT2D eigenvalue weighted by atomic mass is 32.2. The van der Waals surface area contributed by atoms with Crippen molar-refractivity contribution in [1.29, 1.82) is 0 Å². The molecular weight excluding hydrogens is 602 g/mol. The average Bonchev–Trinajstić information content (AvgIpc) is 3.09. The van der Waals surface area contributed by atoms with Crippen molar-refractivity contribution in [2.75, 3.05) is 74.3 Å². The van der Waals surface area contributed by atoms with E-state index >= 15 is 0 Å². The zero-order valence-electron chi connectivity index (χ0n) is 28.0. The molecule has 0 radical (unpaired) electrons. The Balaban J connectivity index is 1.10. The van der Waals surface area contributed by atoms with E-state index in [0.29, 0.717) is 35.4 Å². The molecule has 0 amide bonds. The Hall–Kier alpha value is -3.15. The summed E-state index contributed by atoms with van der Waals surface area (Å²) in [4.78, 5) is 5.34. The lowest BCUT2D eigenvalue weighted by Crippen LogP contribution is -2.47. The Labute approximate surface area is 278 Å². The highest BCUT2D eigenvalue weighted by molar-refractivity contribution is 8.00. The van der Waals surface area contributed by atoms with Crippen LogP contribution in [-0.2, 0) is 11.3 Å². The van der Waals surface area contributed by atoms with Crippen LogP contribution in [0.2, 0.25) is 0 Å². The molecule has 2 unspecified atom stereocenters. The minimum absolute atomic E-state index is 0.267. The van der Waals surface area contributed by atoms with Crippen molar-refractivity contribution in [3.8, 4) is 28.7 Å². The summed E-state index contributed by atoms with van der Waals surface area (Å²) in [6.07, 6.45) is 2.88. The number of piperazine rings is 1. The Kier molecular flexibility index (Phi) is 11.6. The number of rotatable bonds is 14. The van der Waals surface area contributed by atoms with E-state index in [1.54, 1.807) is 40.2 Å². The van der Waals surface area contributed by atoms with Gasteiger partial charge in [-0.1, -0.05) is 42.1 Å². The van der Waals surface area contributed by atoms with Crippen LogP contribution >= 0.6 is 11.8 Å². The first-order valence-electron chi connectivity index (χ1n) is 16.1. The zero-order chi connectivity index (χ0) is 32.7. The second-order valence-electron chi connectivity index (χ2n) is 12.0. The van der Waals surface area contributed by atoms with Gasteiger partial charge in [0.15, 0.2) is 23.0 Å². The molecule has 0 N–H and O–H groups in total. The Morgan fingerprint density at radius 1 is 0.783 bits per heavy atom. The van der Waals surface area contributed by atoms with Crippen molar-refractivity contribution < 1.29 is 23.7 Å². The van der Waals surface area contributed by atoms with Gasteiger partial charge in [-0.15, -0.1) is 0 Å². The highest BCUT2D eigenvalue weighted by Gasteiger charge is 2.40. The molecule has 1 fully saturated rings. The Morgan fingerprint density at radius 3 is 2.09 bits per heavy atom. The van der Waals surface area contributed by atoms with E-state index < -0.39 is 4.87 Å². The van der Waals surface area contributed by atoms with Gasteiger partial charge in [-0.2, -0.15) is 0 Å².